The summed E-state index contributed by atoms with van der Waals surface area (Å²) in [5, 5.41) is 0.662. The first kappa shape index (κ1) is 17.5. The normalized spacial score (nSPS) is 12.6. The molecule has 7 heteroatoms. The van der Waals surface area contributed by atoms with Crippen LogP contribution in [0.1, 0.15) is 11.6 Å². The lowest BCUT2D eigenvalue weighted by Crippen LogP contribution is -2.45. The highest BCUT2D eigenvalue weighted by Gasteiger charge is 2.23. The number of halogens is 1. The summed E-state index contributed by atoms with van der Waals surface area (Å²) in [4.78, 5) is 17.7. The molecule has 0 aliphatic carbocycles. The monoisotopic (exact) mass is 337 g/mol. The molecule has 0 fully saturated rings. The average Bonchev–Trinajstić information content (AvgIpc) is 2.85. The van der Waals surface area contributed by atoms with Crippen LogP contribution in [-0.2, 0) is 16.1 Å². The Morgan fingerprint density at radius 1 is 1.43 bits per heavy atom. The summed E-state index contributed by atoms with van der Waals surface area (Å²) >= 11 is 5.90. The van der Waals surface area contributed by atoms with Gasteiger partial charge in [-0.2, -0.15) is 0 Å². The first-order valence-corrected chi connectivity index (χ1v) is 7.51. The van der Waals surface area contributed by atoms with Gasteiger partial charge in [-0.15, -0.1) is 0 Å². The van der Waals surface area contributed by atoms with Crippen molar-refractivity contribution in [1.82, 2.24) is 9.88 Å². The van der Waals surface area contributed by atoms with Gasteiger partial charge in [0.25, 0.3) is 0 Å². The predicted molar refractivity (Wildman–Crippen MR) is 88.0 cm³/mol. The molecule has 0 aliphatic rings. The van der Waals surface area contributed by atoms with Crippen molar-refractivity contribution in [3.63, 3.8) is 0 Å². The number of hydrogen-bond donors (Lipinski definition) is 1. The van der Waals surface area contributed by atoms with Crippen LogP contribution in [0.4, 0.5) is 0 Å². The van der Waals surface area contributed by atoms with Gasteiger partial charge >= 0.3 is 0 Å². The molecule has 6 nitrogen and oxygen atoms in total. The molecule has 1 atom stereocenters. The molecule has 124 valence electrons. The van der Waals surface area contributed by atoms with Gasteiger partial charge in [-0.05, 0) is 38.2 Å². The average molecular weight is 338 g/mol. The predicted octanol–water partition coefficient (Wildman–Crippen LogP) is 2.24. The van der Waals surface area contributed by atoms with E-state index < -0.39 is 11.9 Å². The largest absolute Gasteiger partial charge is 0.439 e. The van der Waals surface area contributed by atoms with Gasteiger partial charge in [-0.1, -0.05) is 11.6 Å². The van der Waals surface area contributed by atoms with Crippen molar-refractivity contribution in [2.75, 3.05) is 20.8 Å². The molecular weight excluding hydrogens is 318 g/mol. The number of aromatic nitrogens is 1. The molecule has 0 bridgehead atoms. The van der Waals surface area contributed by atoms with E-state index in [1.54, 1.807) is 24.1 Å². The summed E-state index contributed by atoms with van der Waals surface area (Å²) in [6.07, 6.45) is 0. The molecule has 1 heterocycles. The van der Waals surface area contributed by atoms with Gasteiger partial charge in [-0.3, -0.25) is 9.69 Å². The minimum Gasteiger partial charge on any atom is -0.439 e. The highest BCUT2D eigenvalue weighted by molar-refractivity contribution is 6.30. The number of benzene rings is 1. The second kappa shape index (κ2) is 7.59. The molecule has 0 radical (unpaired) electrons. The van der Waals surface area contributed by atoms with E-state index in [4.69, 9.17) is 26.5 Å². The van der Waals surface area contributed by atoms with Gasteiger partial charge in [-0.25, -0.2) is 4.98 Å². The second-order valence-corrected chi connectivity index (χ2v) is 5.75. The molecule has 1 amide bonds. The number of nitrogens with zero attached hydrogens (tertiary/aromatic N) is 2. The summed E-state index contributed by atoms with van der Waals surface area (Å²) in [5.74, 6) is 0.750. The van der Waals surface area contributed by atoms with E-state index >= 15 is 0 Å². The first-order chi connectivity index (χ1) is 10.9. The maximum absolute atomic E-state index is 11.5. The minimum atomic E-state index is -0.536. The molecule has 1 aromatic carbocycles. The van der Waals surface area contributed by atoms with Crippen LogP contribution >= 0.6 is 11.6 Å². The molecule has 2 N–H and O–H groups in total. The Kier molecular flexibility index (Phi) is 5.76. The Balaban J connectivity index is 2.17. The second-order valence-electron chi connectivity index (χ2n) is 5.32. The zero-order chi connectivity index (χ0) is 17.0. The maximum Gasteiger partial charge on any atom is 0.237 e. The van der Waals surface area contributed by atoms with E-state index in [2.05, 4.69) is 4.98 Å². The van der Waals surface area contributed by atoms with Crippen LogP contribution in [0.5, 0.6) is 0 Å². The highest BCUT2D eigenvalue weighted by Crippen LogP contribution is 2.26. The number of likely N-dealkylation sites (N-methyl/N-ethyl adjacent to an activating group) is 1. The third-order valence-corrected chi connectivity index (χ3v) is 3.77. The van der Waals surface area contributed by atoms with Crippen molar-refractivity contribution in [1.29, 1.82) is 0 Å². The smallest absolute Gasteiger partial charge is 0.237 e. The lowest BCUT2D eigenvalue weighted by Gasteiger charge is -2.23. The van der Waals surface area contributed by atoms with E-state index in [0.717, 1.165) is 11.3 Å². The number of ether oxygens (including phenoxy) is 1. The van der Waals surface area contributed by atoms with Crippen LogP contribution in [0.25, 0.3) is 11.3 Å². The van der Waals surface area contributed by atoms with Crippen molar-refractivity contribution in [2.45, 2.75) is 19.5 Å². The number of primary amides is 1. The number of amides is 1. The van der Waals surface area contributed by atoms with E-state index in [-0.39, 0.29) is 6.61 Å². The van der Waals surface area contributed by atoms with Gasteiger partial charge in [0.15, 0.2) is 5.76 Å². The fraction of sp³-hybridized carbons (Fsp3) is 0.375. The highest BCUT2D eigenvalue weighted by atomic mass is 35.5. The van der Waals surface area contributed by atoms with Gasteiger partial charge in [0.05, 0.1) is 18.8 Å². The van der Waals surface area contributed by atoms with Gasteiger partial charge in [0.1, 0.15) is 6.04 Å². The summed E-state index contributed by atoms with van der Waals surface area (Å²) in [7, 11) is 3.30. The van der Waals surface area contributed by atoms with E-state index in [0.29, 0.717) is 23.2 Å². The maximum atomic E-state index is 11.5. The van der Waals surface area contributed by atoms with Crippen LogP contribution in [0.15, 0.2) is 28.7 Å². The van der Waals surface area contributed by atoms with Crippen LogP contribution in [-0.4, -0.2) is 42.6 Å². The third kappa shape index (κ3) is 4.31. The van der Waals surface area contributed by atoms with E-state index in [1.807, 2.05) is 19.1 Å². The first-order valence-electron chi connectivity index (χ1n) is 7.13. The van der Waals surface area contributed by atoms with Crippen molar-refractivity contribution >= 4 is 17.5 Å². The lowest BCUT2D eigenvalue weighted by molar-refractivity contribution is -0.124. The number of hydrogen-bond acceptors (Lipinski definition) is 5. The summed E-state index contributed by atoms with van der Waals surface area (Å²) < 4.78 is 10.9. The quantitative estimate of drug-likeness (QED) is 0.837. The molecule has 2 aromatic rings. The van der Waals surface area contributed by atoms with Gasteiger partial charge in [0.2, 0.25) is 11.8 Å². The van der Waals surface area contributed by atoms with Crippen molar-refractivity contribution in [3.05, 3.63) is 40.9 Å². The fourth-order valence-electron chi connectivity index (χ4n) is 2.30. The van der Waals surface area contributed by atoms with Crippen molar-refractivity contribution in [3.8, 4) is 11.3 Å². The number of carbonyl (C=O) groups excluding carboxylic acids is 1. The van der Waals surface area contributed by atoms with Crippen molar-refractivity contribution in [2.24, 2.45) is 5.73 Å². The SMILES string of the molecule is COC[C@@H](C(N)=O)N(C)Cc1nc(C)c(-c2ccc(Cl)cc2)o1. The minimum absolute atomic E-state index is 0.218. The zero-order valence-electron chi connectivity index (χ0n) is 13.4. The Morgan fingerprint density at radius 3 is 2.65 bits per heavy atom. The van der Waals surface area contributed by atoms with E-state index in [9.17, 15) is 4.79 Å². The topological polar surface area (TPSA) is 81.6 Å². The van der Waals surface area contributed by atoms with E-state index in [1.165, 1.54) is 7.11 Å². The summed E-state index contributed by atoms with van der Waals surface area (Å²) in [6.45, 7) is 2.44. The molecule has 23 heavy (non-hydrogen) atoms. The number of aryl methyl sites for hydroxylation is 1. The molecule has 1 aromatic heterocycles. The molecule has 0 saturated carbocycles. The number of carbonyl (C=O) groups is 1. The number of methoxy groups -OCH3 is 1. The van der Waals surface area contributed by atoms with Crippen LogP contribution in [0, 0.1) is 6.92 Å². The van der Waals surface area contributed by atoms with Gasteiger partial charge < -0.3 is 14.9 Å². The molecule has 0 aliphatic heterocycles. The lowest BCUT2D eigenvalue weighted by atomic mass is 10.1. The summed E-state index contributed by atoms with van der Waals surface area (Å²) in [6, 6.07) is 6.81. The molecule has 0 spiro atoms. The zero-order valence-corrected chi connectivity index (χ0v) is 14.1. The fourth-order valence-corrected chi connectivity index (χ4v) is 2.42. The van der Waals surface area contributed by atoms with Crippen LogP contribution in [0.2, 0.25) is 5.02 Å². The Hall–Kier alpha value is -1.89. The van der Waals surface area contributed by atoms with Crippen molar-refractivity contribution < 1.29 is 13.9 Å². The molecule has 2 rings (SSSR count). The van der Waals surface area contributed by atoms with Crippen LogP contribution < -0.4 is 5.73 Å². The number of nitrogens with two attached hydrogens (primary N) is 1. The molecule has 0 saturated heterocycles. The Labute approximate surface area is 140 Å². The third-order valence-electron chi connectivity index (χ3n) is 3.52. The molecular formula is C16H20ClN3O3. The number of rotatable bonds is 7. The molecule has 0 unspecified atom stereocenters. The summed E-state index contributed by atoms with van der Waals surface area (Å²) in [5.41, 5.74) is 7.07. The Bertz CT molecular complexity index is 670. The van der Waals surface area contributed by atoms with Gasteiger partial charge in [0, 0.05) is 17.7 Å². The number of oxazole rings is 1. The van der Waals surface area contributed by atoms with Crippen LogP contribution in [0.3, 0.4) is 0 Å². The standard InChI is InChI=1S/C16H20ClN3O3/c1-10-15(11-4-6-12(17)7-5-11)23-14(19-10)8-20(2)13(9-22-3)16(18)21/h4-7,13H,8-9H2,1-3H3,(H2,18,21)/t13-/m0/s1. The Morgan fingerprint density at radius 2 is 2.09 bits per heavy atom.